The van der Waals surface area contributed by atoms with Gasteiger partial charge < -0.3 is 0 Å². The van der Waals surface area contributed by atoms with Gasteiger partial charge in [-0.15, -0.1) is 0 Å². The molecule has 2 heteroatoms. The van der Waals surface area contributed by atoms with Crippen molar-refractivity contribution < 1.29 is 4.79 Å². The maximum absolute atomic E-state index is 12.1. The van der Waals surface area contributed by atoms with Gasteiger partial charge in [-0.1, -0.05) is 44.5 Å². The van der Waals surface area contributed by atoms with Gasteiger partial charge in [0.15, 0.2) is 0 Å². The molecule has 17 heavy (non-hydrogen) atoms. The average molecular weight is 251 g/mol. The Morgan fingerprint density at radius 3 is 2.47 bits per heavy atom. The van der Waals surface area contributed by atoms with Crippen LogP contribution >= 0.6 is 11.6 Å². The number of carbonyl (C=O) groups excluding carboxylic acids is 1. The van der Waals surface area contributed by atoms with Crippen LogP contribution in [0.3, 0.4) is 0 Å². The Kier molecular flexibility index (Phi) is 3.07. The molecule has 0 radical (unpaired) electrons. The van der Waals surface area contributed by atoms with Crippen molar-refractivity contribution in [2.45, 2.75) is 45.4 Å². The fourth-order valence-electron chi connectivity index (χ4n) is 2.11. The van der Waals surface area contributed by atoms with Gasteiger partial charge in [-0.25, -0.2) is 0 Å². The summed E-state index contributed by atoms with van der Waals surface area (Å²) in [5.41, 5.74) is 1.06. The predicted octanol–water partition coefficient (Wildman–Crippen LogP) is 4.38. The lowest BCUT2D eigenvalue weighted by molar-refractivity contribution is -0.126. The zero-order valence-corrected chi connectivity index (χ0v) is 11.5. The van der Waals surface area contributed by atoms with Crippen LogP contribution in [-0.2, 0) is 10.2 Å². The van der Waals surface area contributed by atoms with Crippen molar-refractivity contribution in [1.82, 2.24) is 0 Å². The Bertz CT molecular complexity index is 438. The van der Waals surface area contributed by atoms with E-state index in [4.69, 9.17) is 11.6 Å². The van der Waals surface area contributed by atoms with E-state index >= 15 is 0 Å². The molecule has 0 atom stereocenters. The van der Waals surface area contributed by atoms with Gasteiger partial charge in [0.05, 0.1) is 0 Å². The number of ketones is 1. The van der Waals surface area contributed by atoms with E-state index in [-0.39, 0.29) is 10.8 Å². The third-order valence-corrected chi connectivity index (χ3v) is 3.86. The molecule has 1 fully saturated rings. The molecule has 1 aromatic carbocycles. The van der Waals surface area contributed by atoms with Gasteiger partial charge in [0.1, 0.15) is 5.78 Å². The fraction of sp³-hybridized carbons (Fsp3) is 0.533. The molecule has 0 amide bonds. The van der Waals surface area contributed by atoms with Gasteiger partial charge in [-0.3, -0.25) is 4.79 Å². The van der Waals surface area contributed by atoms with Crippen molar-refractivity contribution in [1.29, 1.82) is 0 Å². The molecule has 92 valence electrons. The lowest BCUT2D eigenvalue weighted by Gasteiger charge is -2.22. The largest absolute Gasteiger partial charge is 0.299 e. The van der Waals surface area contributed by atoms with E-state index in [9.17, 15) is 4.79 Å². The topological polar surface area (TPSA) is 17.1 Å². The second-order valence-electron chi connectivity index (χ2n) is 6.14. The van der Waals surface area contributed by atoms with Crippen LogP contribution < -0.4 is 0 Å². The van der Waals surface area contributed by atoms with Gasteiger partial charge in [0.25, 0.3) is 0 Å². The van der Waals surface area contributed by atoms with Crippen LogP contribution in [0.5, 0.6) is 0 Å². The molecule has 0 aliphatic heterocycles. The maximum Gasteiger partial charge on any atom is 0.139 e. The molecule has 0 bridgehead atoms. The van der Waals surface area contributed by atoms with Gasteiger partial charge >= 0.3 is 0 Å². The molecule has 0 heterocycles. The minimum absolute atomic E-state index is 0.0786. The Hall–Kier alpha value is -0.820. The Morgan fingerprint density at radius 2 is 2.00 bits per heavy atom. The Morgan fingerprint density at radius 1 is 1.35 bits per heavy atom. The summed E-state index contributed by atoms with van der Waals surface area (Å²) in [6.45, 7) is 5.97. The summed E-state index contributed by atoms with van der Waals surface area (Å²) in [4.78, 5) is 12.1. The van der Waals surface area contributed by atoms with E-state index in [1.54, 1.807) is 0 Å². The zero-order valence-electron chi connectivity index (χ0n) is 10.7. The van der Waals surface area contributed by atoms with Crippen LogP contribution in [0.2, 0.25) is 5.02 Å². The van der Waals surface area contributed by atoms with Crippen LogP contribution in [0.25, 0.3) is 0 Å². The predicted molar refractivity (Wildman–Crippen MR) is 71.4 cm³/mol. The van der Waals surface area contributed by atoms with Crippen LogP contribution in [0.1, 0.15) is 45.6 Å². The molecule has 1 saturated carbocycles. The first-order chi connectivity index (χ1) is 7.83. The summed E-state index contributed by atoms with van der Waals surface area (Å²) < 4.78 is 0. The minimum atomic E-state index is -0.242. The number of hydrogen-bond acceptors (Lipinski definition) is 1. The third-order valence-electron chi connectivity index (χ3n) is 3.63. The average Bonchev–Trinajstić information content (AvgIpc) is 2.97. The molecule has 1 aliphatic rings. The number of halogens is 1. The first-order valence-electron chi connectivity index (χ1n) is 6.13. The minimum Gasteiger partial charge on any atom is -0.299 e. The van der Waals surface area contributed by atoms with E-state index in [1.165, 1.54) is 5.56 Å². The van der Waals surface area contributed by atoms with Gasteiger partial charge in [-0.2, -0.15) is 0 Å². The van der Waals surface area contributed by atoms with Gasteiger partial charge in [0, 0.05) is 22.3 Å². The molecule has 2 rings (SSSR count). The summed E-state index contributed by atoms with van der Waals surface area (Å²) in [6, 6.07) is 7.95. The van der Waals surface area contributed by atoms with Crippen molar-refractivity contribution in [3.8, 4) is 0 Å². The lowest BCUT2D eigenvalue weighted by Crippen LogP contribution is -2.25. The smallest absolute Gasteiger partial charge is 0.139 e. The number of Topliss-reactive ketones (excluding diaryl/α,β-unsaturated/α-hetero) is 1. The second kappa shape index (κ2) is 4.13. The van der Waals surface area contributed by atoms with E-state index < -0.39 is 0 Å². The maximum atomic E-state index is 12.1. The van der Waals surface area contributed by atoms with E-state index in [2.05, 4.69) is 6.07 Å². The van der Waals surface area contributed by atoms with Crippen molar-refractivity contribution >= 4 is 17.4 Å². The monoisotopic (exact) mass is 250 g/mol. The standard InChI is InChI=1S/C15H19ClO/c1-14(2,3)13(17)10-15(7-8-15)11-5-4-6-12(16)9-11/h4-6,9H,7-8,10H2,1-3H3. The lowest BCUT2D eigenvalue weighted by atomic mass is 9.81. The number of rotatable bonds is 3. The van der Waals surface area contributed by atoms with Crippen LogP contribution in [0, 0.1) is 5.41 Å². The van der Waals surface area contributed by atoms with Crippen molar-refractivity contribution in [3.05, 3.63) is 34.9 Å². The van der Waals surface area contributed by atoms with Crippen molar-refractivity contribution in [2.24, 2.45) is 5.41 Å². The highest BCUT2D eigenvalue weighted by Crippen LogP contribution is 2.52. The zero-order chi connectivity index (χ0) is 12.7. The van der Waals surface area contributed by atoms with Crippen molar-refractivity contribution in [2.75, 3.05) is 0 Å². The molecule has 1 aromatic rings. The highest BCUT2D eigenvalue weighted by atomic mass is 35.5. The summed E-state index contributed by atoms with van der Waals surface area (Å²) in [5.74, 6) is 0.343. The van der Waals surface area contributed by atoms with Crippen LogP contribution in [-0.4, -0.2) is 5.78 Å². The molecule has 0 aromatic heterocycles. The quantitative estimate of drug-likeness (QED) is 0.778. The summed E-state index contributed by atoms with van der Waals surface area (Å²) in [6.07, 6.45) is 2.86. The Labute approximate surface area is 108 Å². The summed E-state index contributed by atoms with van der Waals surface area (Å²) >= 11 is 6.02. The molecule has 0 unspecified atom stereocenters. The number of hydrogen-bond donors (Lipinski definition) is 0. The summed E-state index contributed by atoms with van der Waals surface area (Å²) in [7, 11) is 0. The van der Waals surface area contributed by atoms with E-state index in [1.807, 2.05) is 39.0 Å². The Balaban J connectivity index is 2.18. The molecular weight excluding hydrogens is 232 g/mol. The van der Waals surface area contributed by atoms with Crippen LogP contribution in [0.15, 0.2) is 24.3 Å². The SMILES string of the molecule is CC(C)(C)C(=O)CC1(c2cccc(Cl)c2)CC1. The number of benzene rings is 1. The van der Waals surface area contributed by atoms with Crippen LogP contribution in [0.4, 0.5) is 0 Å². The van der Waals surface area contributed by atoms with Gasteiger partial charge in [-0.05, 0) is 30.5 Å². The highest BCUT2D eigenvalue weighted by Gasteiger charge is 2.47. The number of carbonyl (C=O) groups is 1. The fourth-order valence-corrected chi connectivity index (χ4v) is 2.30. The first-order valence-corrected chi connectivity index (χ1v) is 6.51. The molecular formula is C15H19ClO. The molecule has 1 aliphatic carbocycles. The highest BCUT2D eigenvalue weighted by molar-refractivity contribution is 6.30. The second-order valence-corrected chi connectivity index (χ2v) is 6.58. The first kappa shape index (κ1) is 12.6. The van der Waals surface area contributed by atoms with Crippen molar-refractivity contribution in [3.63, 3.8) is 0 Å². The molecule has 0 saturated heterocycles. The summed E-state index contributed by atoms with van der Waals surface area (Å²) in [5, 5.41) is 0.761. The van der Waals surface area contributed by atoms with E-state index in [0.717, 1.165) is 17.9 Å². The molecule has 1 nitrogen and oxygen atoms in total. The van der Waals surface area contributed by atoms with Gasteiger partial charge in [0.2, 0.25) is 0 Å². The molecule has 0 N–H and O–H groups in total. The normalized spacial score (nSPS) is 17.9. The molecule has 0 spiro atoms. The van der Waals surface area contributed by atoms with E-state index in [0.29, 0.717) is 12.2 Å². The third kappa shape index (κ3) is 2.71.